The molecule has 0 aliphatic rings. The van der Waals surface area contributed by atoms with Crippen molar-refractivity contribution in [1.29, 1.82) is 5.26 Å². The second kappa shape index (κ2) is 12.6. The highest BCUT2D eigenvalue weighted by atomic mass is 32.2. The molecule has 0 spiro atoms. The van der Waals surface area contributed by atoms with Crippen molar-refractivity contribution in [3.63, 3.8) is 0 Å². The molecule has 6 nitrogen and oxygen atoms in total. The van der Waals surface area contributed by atoms with Crippen LogP contribution in [0.5, 0.6) is 11.5 Å². The van der Waals surface area contributed by atoms with Crippen molar-refractivity contribution in [2.24, 2.45) is 4.99 Å². The molecule has 2 aromatic carbocycles. The Balaban J connectivity index is 1.99. The molecule has 0 amide bonds. The number of aliphatic imine (C=N–C) groups is 1. The van der Waals surface area contributed by atoms with Gasteiger partial charge in [-0.2, -0.15) is 22.8 Å². The molecular formula is C24H20F4N4O2S. The molecule has 1 atom stereocenters. The normalized spacial score (nSPS) is 12.3. The lowest BCUT2D eigenvalue weighted by atomic mass is 9.86. The molecule has 0 bridgehead atoms. The van der Waals surface area contributed by atoms with E-state index in [1.165, 1.54) is 23.9 Å². The summed E-state index contributed by atoms with van der Waals surface area (Å²) in [5, 5.41) is 12.2. The monoisotopic (exact) mass is 504 g/mol. The third-order valence-corrected chi connectivity index (χ3v) is 5.48. The minimum Gasteiger partial charge on any atom is -0.431 e. The van der Waals surface area contributed by atoms with Crippen LogP contribution in [0.2, 0.25) is 0 Å². The van der Waals surface area contributed by atoms with Gasteiger partial charge in [-0.05, 0) is 65.8 Å². The molecule has 1 heterocycles. The van der Waals surface area contributed by atoms with E-state index in [0.29, 0.717) is 22.8 Å². The number of anilines is 1. The first-order chi connectivity index (χ1) is 16.9. The van der Waals surface area contributed by atoms with E-state index in [0.717, 1.165) is 11.1 Å². The van der Waals surface area contributed by atoms with Gasteiger partial charge in [0.15, 0.2) is 16.7 Å². The number of alkyl halides is 4. The van der Waals surface area contributed by atoms with Crippen LogP contribution in [0, 0.1) is 11.5 Å². The van der Waals surface area contributed by atoms with E-state index in [1.807, 2.05) is 24.3 Å². The minimum atomic E-state index is -3.21. The van der Waals surface area contributed by atoms with Crippen molar-refractivity contribution in [1.82, 2.24) is 4.98 Å². The number of amidine groups is 1. The van der Waals surface area contributed by atoms with Crippen LogP contribution in [0.3, 0.4) is 0 Å². The maximum absolute atomic E-state index is 13.0. The fraction of sp³-hybridized carbons (Fsp3) is 0.208. The summed E-state index contributed by atoms with van der Waals surface area (Å²) in [6, 6.07) is 15.0. The van der Waals surface area contributed by atoms with E-state index in [-0.39, 0.29) is 5.92 Å². The zero-order valence-corrected chi connectivity index (χ0v) is 19.2. The Morgan fingerprint density at radius 3 is 2.20 bits per heavy atom. The number of benzene rings is 2. The molecule has 0 saturated heterocycles. The third-order valence-electron chi connectivity index (χ3n) is 4.90. The first-order valence-corrected chi connectivity index (χ1v) is 11.4. The fourth-order valence-corrected chi connectivity index (χ4v) is 3.75. The van der Waals surface area contributed by atoms with Gasteiger partial charge in [-0.25, -0.2) is 0 Å². The summed E-state index contributed by atoms with van der Waals surface area (Å²) in [6.45, 7) is -6.40. The van der Waals surface area contributed by atoms with Gasteiger partial charge in [0.05, 0.1) is 0 Å². The van der Waals surface area contributed by atoms with Gasteiger partial charge in [-0.3, -0.25) is 4.98 Å². The number of halogens is 4. The van der Waals surface area contributed by atoms with Crippen molar-refractivity contribution in [2.75, 3.05) is 11.6 Å². The number of ether oxygens (including phenoxy) is 2. The molecule has 3 rings (SSSR count). The van der Waals surface area contributed by atoms with Crippen LogP contribution in [0.25, 0.3) is 0 Å². The molecule has 35 heavy (non-hydrogen) atoms. The van der Waals surface area contributed by atoms with Crippen LogP contribution in [-0.2, 0) is 6.42 Å². The van der Waals surface area contributed by atoms with Crippen LogP contribution in [0.15, 0.2) is 72.0 Å². The predicted octanol–water partition coefficient (Wildman–Crippen LogP) is 6.27. The average Bonchev–Trinajstić information content (AvgIpc) is 2.84. The van der Waals surface area contributed by atoms with Gasteiger partial charge in [0.1, 0.15) is 0 Å². The number of hydrogen-bond acceptors (Lipinski definition) is 6. The van der Waals surface area contributed by atoms with E-state index in [2.05, 4.69) is 24.8 Å². The Bertz CT molecular complexity index is 1170. The Labute approximate surface area is 203 Å². The van der Waals surface area contributed by atoms with Crippen LogP contribution >= 0.6 is 11.8 Å². The zero-order valence-electron chi connectivity index (χ0n) is 18.4. The number of nitrogens with zero attached hydrogens (tertiary/aromatic N) is 3. The van der Waals surface area contributed by atoms with E-state index < -0.39 is 24.7 Å². The Morgan fingerprint density at radius 2 is 1.60 bits per heavy atom. The summed E-state index contributed by atoms with van der Waals surface area (Å²) in [5.41, 5.74) is 3.03. The number of pyridine rings is 1. The molecule has 0 fully saturated rings. The van der Waals surface area contributed by atoms with Gasteiger partial charge in [0.25, 0.3) is 0 Å². The summed E-state index contributed by atoms with van der Waals surface area (Å²) in [7, 11) is 0. The smallest absolute Gasteiger partial charge is 0.387 e. The number of nitriles is 1. The van der Waals surface area contributed by atoms with Crippen LogP contribution < -0.4 is 14.8 Å². The highest BCUT2D eigenvalue weighted by Gasteiger charge is 2.21. The summed E-state index contributed by atoms with van der Waals surface area (Å²) in [4.78, 5) is 7.70. The number of nitrogens with one attached hydrogen (secondary N) is 1. The molecule has 0 radical (unpaired) electrons. The minimum absolute atomic E-state index is 0.333. The molecule has 0 saturated carbocycles. The molecule has 1 N–H and O–H groups in total. The van der Waals surface area contributed by atoms with E-state index in [1.54, 1.807) is 43.0 Å². The fourth-order valence-electron chi connectivity index (χ4n) is 3.40. The van der Waals surface area contributed by atoms with Crippen molar-refractivity contribution >= 4 is 22.6 Å². The van der Waals surface area contributed by atoms with Gasteiger partial charge < -0.3 is 14.8 Å². The van der Waals surface area contributed by atoms with Crippen LogP contribution in [-0.4, -0.2) is 29.6 Å². The molecule has 0 aliphatic heterocycles. The first-order valence-electron chi connectivity index (χ1n) is 10.2. The Hall–Kier alpha value is -3.78. The molecule has 1 unspecified atom stereocenters. The number of hydrogen-bond donors (Lipinski definition) is 1. The summed E-state index contributed by atoms with van der Waals surface area (Å²) in [5.74, 6) is -1.29. The maximum atomic E-state index is 13.0. The topological polar surface area (TPSA) is 79.5 Å². The van der Waals surface area contributed by atoms with Crippen molar-refractivity contribution < 1.29 is 27.0 Å². The number of thioether (sulfide) groups is 1. The van der Waals surface area contributed by atoms with Crippen LogP contribution in [0.1, 0.15) is 22.6 Å². The summed E-state index contributed by atoms with van der Waals surface area (Å²) >= 11 is 1.28. The van der Waals surface area contributed by atoms with E-state index in [9.17, 15) is 17.6 Å². The second-order valence-electron chi connectivity index (χ2n) is 7.04. The van der Waals surface area contributed by atoms with Gasteiger partial charge in [0, 0.05) is 24.0 Å². The Kier molecular flexibility index (Phi) is 9.31. The van der Waals surface area contributed by atoms with Gasteiger partial charge in [-0.1, -0.05) is 30.0 Å². The van der Waals surface area contributed by atoms with Gasteiger partial charge in [0.2, 0.25) is 6.19 Å². The first kappa shape index (κ1) is 25.8. The number of rotatable bonds is 9. The SMILES string of the molecule is CSC(=NC#N)Nc1ccc(C(Cc2ccncc2)c2ccc(OC(F)F)c(OC(F)F)c2)cc1. The zero-order chi connectivity index (χ0) is 25.2. The second-order valence-corrected chi connectivity index (χ2v) is 7.84. The molecule has 11 heteroatoms. The number of aromatic nitrogens is 1. The van der Waals surface area contributed by atoms with Crippen molar-refractivity contribution in [3.05, 3.63) is 83.7 Å². The van der Waals surface area contributed by atoms with Crippen molar-refractivity contribution in [2.45, 2.75) is 25.6 Å². The lowest BCUT2D eigenvalue weighted by Gasteiger charge is -2.21. The average molecular weight is 505 g/mol. The van der Waals surface area contributed by atoms with Gasteiger partial charge >= 0.3 is 13.2 Å². The third kappa shape index (κ3) is 7.61. The summed E-state index contributed by atoms with van der Waals surface area (Å²) < 4.78 is 60.2. The van der Waals surface area contributed by atoms with E-state index in [4.69, 9.17) is 5.26 Å². The molecule has 1 aromatic heterocycles. The van der Waals surface area contributed by atoms with E-state index >= 15 is 0 Å². The quantitative estimate of drug-likeness (QED) is 0.160. The lowest BCUT2D eigenvalue weighted by molar-refractivity contribution is -0.0692. The standard InChI is InChI=1S/C24H20F4N4O2S/c1-35-24(31-14-29)32-18-5-2-16(3-6-18)19(12-15-8-10-30-11-9-15)17-4-7-20(33-22(25)26)21(13-17)34-23(27)28/h2-11,13,19,22-23H,12H2,1H3,(H,31,32). The predicted molar refractivity (Wildman–Crippen MR) is 126 cm³/mol. The highest BCUT2D eigenvalue weighted by molar-refractivity contribution is 8.13. The summed E-state index contributed by atoms with van der Waals surface area (Å²) in [6.07, 6.45) is 7.27. The molecular weight excluding hydrogens is 484 g/mol. The van der Waals surface area contributed by atoms with Crippen LogP contribution in [0.4, 0.5) is 23.2 Å². The lowest BCUT2D eigenvalue weighted by Crippen LogP contribution is -2.10. The molecule has 182 valence electrons. The van der Waals surface area contributed by atoms with Crippen molar-refractivity contribution in [3.8, 4) is 17.7 Å². The van der Waals surface area contributed by atoms with Gasteiger partial charge in [-0.15, -0.1) is 4.99 Å². The Morgan fingerprint density at radius 1 is 0.971 bits per heavy atom. The largest absolute Gasteiger partial charge is 0.431 e. The molecule has 3 aromatic rings. The molecule has 0 aliphatic carbocycles. The highest BCUT2D eigenvalue weighted by Crippen LogP contribution is 2.37. The maximum Gasteiger partial charge on any atom is 0.387 e.